The van der Waals surface area contributed by atoms with Crippen molar-refractivity contribution < 1.29 is 9.59 Å². The van der Waals surface area contributed by atoms with Crippen molar-refractivity contribution in [1.29, 1.82) is 0 Å². The van der Waals surface area contributed by atoms with E-state index in [1.54, 1.807) is 12.3 Å². The van der Waals surface area contributed by atoms with Gasteiger partial charge in [0.1, 0.15) is 5.82 Å². The Morgan fingerprint density at radius 3 is 2.89 bits per heavy atom. The molecule has 1 saturated heterocycles. The Labute approximate surface area is 111 Å². The maximum absolute atomic E-state index is 12.1. The Morgan fingerprint density at radius 2 is 2.21 bits per heavy atom. The highest BCUT2D eigenvalue weighted by molar-refractivity contribution is 5.96. The summed E-state index contributed by atoms with van der Waals surface area (Å²) in [6.45, 7) is 0.559. The number of rotatable bonds is 3. The van der Waals surface area contributed by atoms with Crippen LogP contribution >= 0.6 is 0 Å². The smallest absolute Gasteiger partial charge is 0.230 e. The molecule has 3 rings (SSSR count). The molecule has 0 radical (unpaired) electrons. The average Bonchev–Trinajstić information content (AvgIpc) is 3.07. The molecule has 102 valence electrons. The van der Waals surface area contributed by atoms with Crippen molar-refractivity contribution in [2.45, 2.75) is 38.1 Å². The number of hydrogen-bond donors (Lipinski definition) is 2. The molecular formula is C13H18N4O2. The van der Waals surface area contributed by atoms with Crippen molar-refractivity contribution in [3.05, 3.63) is 12.3 Å². The summed E-state index contributed by atoms with van der Waals surface area (Å²) in [4.78, 5) is 26.0. The van der Waals surface area contributed by atoms with Gasteiger partial charge in [-0.1, -0.05) is 12.8 Å². The molecule has 1 aromatic rings. The largest absolute Gasteiger partial charge is 0.339 e. The second kappa shape index (κ2) is 5.03. The molecule has 1 aliphatic carbocycles. The van der Waals surface area contributed by atoms with Crippen LogP contribution in [-0.2, 0) is 9.59 Å². The number of aromatic amines is 1. The summed E-state index contributed by atoms with van der Waals surface area (Å²) in [5.41, 5.74) is 0. The van der Waals surface area contributed by atoms with Crippen LogP contribution in [0, 0.1) is 5.92 Å². The Bertz CT molecular complexity index is 465. The van der Waals surface area contributed by atoms with E-state index in [1.807, 2.05) is 4.90 Å². The van der Waals surface area contributed by atoms with Crippen LogP contribution in [0.2, 0.25) is 0 Å². The fraction of sp³-hybridized carbons (Fsp3) is 0.615. The lowest BCUT2D eigenvalue weighted by molar-refractivity contribution is -0.129. The molecule has 2 aliphatic rings. The van der Waals surface area contributed by atoms with E-state index in [0.29, 0.717) is 24.8 Å². The van der Waals surface area contributed by atoms with E-state index in [1.165, 1.54) is 12.8 Å². The van der Waals surface area contributed by atoms with E-state index in [4.69, 9.17) is 0 Å². The first-order valence-electron chi connectivity index (χ1n) is 6.84. The molecule has 0 bridgehead atoms. The molecule has 0 spiro atoms. The van der Waals surface area contributed by atoms with E-state index in [9.17, 15) is 9.59 Å². The maximum atomic E-state index is 12.1. The van der Waals surface area contributed by atoms with Crippen LogP contribution in [0.4, 0.5) is 5.82 Å². The molecule has 2 fully saturated rings. The summed E-state index contributed by atoms with van der Waals surface area (Å²) in [5.74, 6) is 0.364. The highest BCUT2D eigenvalue weighted by Crippen LogP contribution is 2.29. The van der Waals surface area contributed by atoms with E-state index in [2.05, 4.69) is 15.5 Å². The average molecular weight is 262 g/mol. The first kappa shape index (κ1) is 12.2. The van der Waals surface area contributed by atoms with Crippen molar-refractivity contribution >= 4 is 17.6 Å². The summed E-state index contributed by atoms with van der Waals surface area (Å²) in [7, 11) is 0. The third kappa shape index (κ3) is 2.47. The minimum Gasteiger partial charge on any atom is -0.339 e. The monoisotopic (exact) mass is 262 g/mol. The minimum atomic E-state index is -0.239. The Kier molecular flexibility index (Phi) is 3.23. The molecule has 1 aromatic heterocycles. The summed E-state index contributed by atoms with van der Waals surface area (Å²) in [6.07, 6.45) is 6.47. The standard InChI is InChI=1S/C13H18N4O2/c18-12-7-9(8-17(12)10-3-1-2-4-10)13(19)15-11-5-6-14-16-11/h5-6,9-10H,1-4,7-8H2,(H2,14,15,16,19). The molecule has 2 amide bonds. The van der Waals surface area contributed by atoms with E-state index in [0.717, 1.165) is 12.8 Å². The molecule has 1 unspecified atom stereocenters. The third-order valence-corrected chi connectivity index (χ3v) is 4.05. The molecule has 6 heteroatoms. The van der Waals surface area contributed by atoms with E-state index in [-0.39, 0.29) is 17.7 Å². The summed E-state index contributed by atoms with van der Waals surface area (Å²) < 4.78 is 0. The molecule has 1 aliphatic heterocycles. The lowest BCUT2D eigenvalue weighted by atomic mass is 10.1. The highest BCUT2D eigenvalue weighted by atomic mass is 16.2. The van der Waals surface area contributed by atoms with Crippen molar-refractivity contribution in [1.82, 2.24) is 15.1 Å². The zero-order valence-corrected chi connectivity index (χ0v) is 10.8. The number of nitrogens with zero attached hydrogens (tertiary/aromatic N) is 2. The Morgan fingerprint density at radius 1 is 1.42 bits per heavy atom. The number of carbonyl (C=O) groups excluding carboxylic acids is 2. The van der Waals surface area contributed by atoms with Crippen LogP contribution in [0.5, 0.6) is 0 Å². The van der Waals surface area contributed by atoms with Gasteiger partial charge in [0.2, 0.25) is 11.8 Å². The summed E-state index contributed by atoms with van der Waals surface area (Å²) in [6, 6.07) is 2.06. The molecule has 1 saturated carbocycles. The zero-order chi connectivity index (χ0) is 13.2. The second-order valence-corrected chi connectivity index (χ2v) is 5.34. The quantitative estimate of drug-likeness (QED) is 0.857. The van der Waals surface area contributed by atoms with Crippen LogP contribution < -0.4 is 5.32 Å². The van der Waals surface area contributed by atoms with Crippen molar-refractivity contribution in [3.63, 3.8) is 0 Å². The number of anilines is 1. The molecule has 1 atom stereocenters. The lowest BCUT2D eigenvalue weighted by Crippen LogP contribution is -2.35. The topological polar surface area (TPSA) is 78.1 Å². The van der Waals surface area contributed by atoms with Gasteiger partial charge in [-0.25, -0.2) is 0 Å². The number of H-pyrrole nitrogens is 1. The number of carbonyl (C=O) groups is 2. The predicted molar refractivity (Wildman–Crippen MR) is 69.3 cm³/mol. The fourth-order valence-electron chi connectivity index (χ4n) is 3.04. The van der Waals surface area contributed by atoms with Crippen LogP contribution in [0.25, 0.3) is 0 Å². The third-order valence-electron chi connectivity index (χ3n) is 4.05. The van der Waals surface area contributed by atoms with Gasteiger partial charge >= 0.3 is 0 Å². The zero-order valence-electron chi connectivity index (χ0n) is 10.8. The number of hydrogen-bond acceptors (Lipinski definition) is 3. The number of aromatic nitrogens is 2. The van der Waals surface area contributed by atoms with Gasteiger partial charge in [0.05, 0.1) is 12.1 Å². The van der Waals surface area contributed by atoms with Gasteiger partial charge in [0.25, 0.3) is 0 Å². The van der Waals surface area contributed by atoms with Gasteiger partial charge in [-0.15, -0.1) is 0 Å². The van der Waals surface area contributed by atoms with Crippen LogP contribution in [-0.4, -0.2) is 39.5 Å². The van der Waals surface area contributed by atoms with Gasteiger partial charge < -0.3 is 10.2 Å². The molecule has 6 nitrogen and oxygen atoms in total. The van der Waals surface area contributed by atoms with E-state index >= 15 is 0 Å². The van der Waals surface area contributed by atoms with Crippen LogP contribution in [0.15, 0.2) is 12.3 Å². The SMILES string of the molecule is O=C(Nc1ccn[nH]1)C1CC(=O)N(C2CCCC2)C1. The minimum absolute atomic E-state index is 0.0990. The first-order chi connectivity index (χ1) is 9.24. The number of amides is 2. The van der Waals surface area contributed by atoms with Crippen LogP contribution in [0.3, 0.4) is 0 Å². The predicted octanol–water partition coefficient (Wildman–Crippen LogP) is 1.14. The van der Waals surface area contributed by atoms with Gasteiger partial charge in [-0.05, 0) is 12.8 Å². The molecule has 0 aromatic carbocycles. The molecular weight excluding hydrogens is 244 g/mol. The normalized spacial score (nSPS) is 24.1. The second-order valence-electron chi connectivity index (χ2n) is 5.34. The highest BCUT2D eigenvalue weighted by Gasteiger charge is 2.38. The number of likely N-dealkylation sites (tertiary alicyclic amines) is 1. The molecule has 2 heterocycles. The number of nitrogens with one attached hydrogen (secondary N) is 2. The first-order valence-corrected chi connectivity index (χ1v) is 6.84. The van der Waals surface area contributed by atoms with Gasteiger partial charge in [0, 0.05) is 25.1 Å². The van der Waals surface area contributed by atoms with Gasteiger partial charge in [-0.3, -0.25) is 14.7 Å². The van der Waals surface area contributed by atoms with Crippen LogP contribution in [0.1, 0.15) is 32.1 Å². The van der Waals surface area contributed by atoms with E-state index < -0.39 is 0 Å². The Hall–Kier alpha value is -1.85. The molecule has 2 N–H and O–H groups in total. The van der Waals surface area contributed by atoms with Crippen molar-refractivity contribution in [3.8, 4) is 0 Å². The van der Waals surface area contributed by atoms with Crippen molar-refractivity contribution in [2.75, 3.05) is 11.9 Å². The molecule has 19 heavy (non-hydrogen) atoms. The van der Waals surface area contributed by atoms with Gasteiger partial charge in [0.15, 0.2) is 0 Å². The Balaban J connectivity index is 1.60. The maximum Gasteiger partial charge on any atom is 0.230 e. The summed E-state index contributed by atoms with van der Waals surface area (Å²) >= 11 is 0. The lowest BCUT2D eigenvalue weighted by Gasteiger charge is -2.23. The summed E-state index contributed by atoms with van der Waals surface area (Å²) in [5, 5.41) is 9.23. The van der Waals surface area contributed by atoms with Crippen molar-refractivity contribution in [2.24, 2.45) is 5.92 Å². The fourth-order valence-corrected chi connectivity index (χ4v) is 3.04. The van der Waals surface area contributed by atoms with Gasteiger partial charge in [-0.2, -0.15) is 5.10 Å².